The summed E-state index contributed by atoms with van der Waals surface area (Å²) in [5.74, 6) is 1.33. The molecular weight excluding hydrogens is 397 g/mol. The molecule has 1 aromatic heterocycles. The topological polar surface area (TPSA) is 104 Å². The molecule has 0 aliphatic carbocycles. The van der Waals surface area contributed by atoms with Crippen LogP contribution in [0.5, 0.6) is 0 Å². The Balaban J connectivity index is 1.63. The number of aliphatic imine (C=N–C) groups is 1. The summed E-state index contributed by atoms with van der Waals surface area (Å²) in [6.45, 7) is 5.98. The maximum Gasteiger partial charge on any atom is 0.193 e. The van der Waals surface area contributed by atoms with Gasteiger partial charge in [0.05, 0.1) is 18.0 Å². The lowest BCUT2D eigenvalue weighted by molar-refractivity contribution is 0.181. The zero-order chi connectivity index (χ0) is 22.2. The van der Waals surface area contributed by atoms with E-state index in [1.807, 2.05) is 14.0 Å². The summed E-state index contributed by atoms with van der Waals surface area (Å²) in [6, 6.07) is 7.99. The fraction of sp³-hybridized carbons (Fsp3) is 0.500. The molecule has 1 aliphatic rings. The largest absolute Gasteiger partial charge is 0.382 e. The fourth-order valence-electron chi connectivity index (χ4n) is 3.66. The number of hydrogen-bond donors (Lipinski definition) is 2. The fourth-order valence-corrected chi connectivity index (χ4v) is 3.66. The van der Waals surface area contributed by atoms with E-state index < -0.39 is 0 Å². The van der Waals surface area contributed by atoms with Crippen LogP contribution in [0.1, 0.15) is 31.0 Å². The first-order valence-electron chi connectivity index (χ1n) is 10.6. The van der Waals surface area contributed by atoms with Gasteiger partial charge in [0.2, 0.25) is 0 Å². The second-order valence-corrected chi connectivity index (χ2v) is 7.66. The second-order valence-electron chi connectivity index (χ2n) is 7.66. The van der Waals surface area contributed by atoms with Crippen LogP contribution in [0.3, 0.4) is 0 Å². The number of hydrogen-bond acceptors (Lipinski definition) is 5. The van der Waals surface area contributed by atoms with Crippen molar-refractivity contribution in [1.82, 2.24) is 20.0 Å². The lowest BCUT2D eigenvalue weighted by Crippen LogP contribution is -2.41. The average Bonchev–Trinajstić information content (AvgIpc) is 3.38. The minimum Gasteiger partial charge on any atom is -0.382 e. The van der Waals surface area contributed by atoms with Gasteiger partial charge in [0.15, 0.2) is 5.96 Å². The van der Waals surface area contributed by atoms with Gasteiger partial charge in [-0.3, -0.25) is 4.99 Å². The molecule has 1 aromatic carbocycles. The summed E-state index contributed by atoms with van der Waals surface area (Å²) in [5, 5.41) is 17.4. The normalized spacial score (nSPS) is 16.3. The Labute approximate surface area is 182 Å². The van der Waals surface area contributed by atoms with E-state index in [9.17, 15) is 9.65 Å². The maximum atomic E-state index is 13.2. The van der Waals surface area contributed by atoms with E-state index in [0.717, 1.165) is 45.1 Å². The molecule has 0 saturated carbocycles. The first-order valence-corrected chi connectivity index (χ1v) is 10.6. The number of nitrogens with zero attached hydrogens (tertiary/aromatic N) is 5. The zero-order valence-corrected chi connectivity index (χ0v) is 18.1. The summed E-state index contributed by atoms with van der Waals surface area (Å²) in [4.78, 5) is 6.87. The molecule has 0 spiro atoms. The van der Waals surface area contributed by atoms with Crippen molar-refractivity contribution in [3.63, 3.8) is 0 Å². The van der Waals surface area contributed by atoms with Crippen molar-refractivity contribution in [3.05, 3.63) is 41.3 Å². The zero-order valence-electron chi connectivity index (χ0n) is 18.1. The third-order valence-corrected chi connectivity index (χ3v) is 5.26. The number of rotatable bonds is 8. The lowest BCUT2D eigenvalue weighted by atomic mass is 10.1. The van der Waals surface area contributed by atoms with Gasteiger partial charge in [-0.1, -0.05) is 0 Å². The molecule has 166 valence electrons. The molecule has 8 nitrogen and oxygen atoms in total. The average molecular weight is 428 g/mol. The molecule has 2 heterocycles. The van der Waals surface area contributed by atoms with Crippen LogP contribution >= 0.6 is 0 Å². The SMILES string of the molecule is CCNC(=NCCCc1nn(-c2ccc(F)cc2)c(N)c1C#N)N(C)CC1CCOC1. The molecule has 31 heavy (non-hydrogen) atoms. The molecular formula is C22H30FN7O. The van der Waals surface area contributed by atoms with Crippen molar-refractivity contribution >= 4 is 11.8 Å². The van der Waals surface area contributed by atoms with Gasteiger partial charge in [-0.25, -0.2) is 9.07 Å². The van der Waals surface area contributed by atoms with E-state index in [0.29, 0.717) is 35.8 Å². The van der Waals surface area contributed by atoms with Gasteiger partial charge in [0, 0.05) is 39.2 Å². The summed E-state index contributed by atoms with van der Waals surface area (Å²) in [7, 11) is 2.04. The number of ether oxygens (including phenoxy) is 1. The van der Waals surface area contributed by atoms with Crippen molar-refractivity contribution < 1.29 is 9.13 Å². The van der Waals surface area contributed by atoms with E-state index in [1.165, 1.54) is 16.8 Å². The van der Waals surface area contributed by atoms with E-state index in [-0.39, 0.29) is 11.6 Å². The number of benzene rings is 1. The molecule has 9 heteroatoms. The van der Waals surface area contributed by atoms with Crippen LogP contribution in [0.2, 0.25) is 0 Å². The van der Waals surface area contributed by atoms with Crippen LogP contribution in [-0.4, -0.2) is 60.5 Å². The van der Waals surface area contributed by atoms with Crippen LogP contribution in [0.15, 0.2) is 29.3 Å². The number of anilines is 1. The predicted molar refractivity (Wildman–Crippen MR) is 119 cm³/mol. The van der Waals surface area contributed by atoms with Gasteiger partial charge in [-0.15, -0.1) is 0 Å². The summed E-state index contributed by atoms with van der Waals surface area (Å²) in [5.41, 5.74) is 7.73. The van der Waals surface area contributed by atoms with Crippen molar-refractivity contribution in [2.45, 2.75) is 26.2 Å². The number of nitrogen functional groups attached to an aromatic ring is 1. The molecule has 1 aliphatic heterocycles. The van der Waals surface area contributed by atoms with Crippen LogP contribution in [0.25, 0.3) is 5.69 Å². The highest BCUT2D eigenvalue weighted by atomic mass is 19.1. The molecule has 1 saturated heterocycles. The van der Waals surface area contributed by atoms with Gasteiger partial charge < -0.3 is 20.7 Å². The highest BCUT2D eigenvalue weighted by molar-refractivity contribution is 5.79. The monoisotopic (exact) mass is 427 g/mol. The van der Waals surface area contributed by atoms with E-state index in [2.05, 4.69) is 21.4 Å². The number of nitriles is 1. The molecule has 0 amide bonds. The number of guanidine groups is 1. The Morgan fingerprint density at radius 1 is 1.45 bits per heavy atom. The molecule has 1 unspecified atom stereocenters. The highest BCUT2D eigenvalue weighted by Crippen LogP contribution is 2.22. The Hall–Kier alpha value is -3.12. The summed E-state index contributed by atoms with van der Waals surface area (Å²) >= 11 is 0. The maximum absolute atomic E-state index is 13.2. The third-order valence-electron chi connectivity index (χ3n) is 5.26. The predicted octanol–water partition coefficient (Wildman–Crippen LogP) is 2.33. The van der Waals surface area contributed by atoms with Crippen LogP contribution in [0.4, 0.5) is 10.2 Å². The quantitative estimate of drug-likeness (QED) is 0.381. The number of nitrogens with one attached hydrogen (secondary N) is 1. The van der Waals surface area contributed by atoms with Crippen molar-refractivity contribution in [1.29, 1.82) is 5.26 Å². The minimum absolute atomic E-state index is 0.263. The highest BCUT2D eigenvalue weighted by Gasteiger charge is 2.19. The van der Waals surface area contributed by atoms with Crippen LogP contribution in [0, 0.1) is 23.1 Å². The first-order chi connectivity index (χ1) is 15.0. The van der Waals surface area contributed by atoms with Crippen molar-refractivity contribution in [2.75, 3.05) is 45.6 Å². The van der Waals surface area contributed by atoms with E-state index >= 15 is 0 Å². The lowest BCUT2D eigenvalue weighted by Gasteiger charge is -2.24. The summed E-state index contributed by atoms with van der Waals surface area (Å²) in [6.07, 6.45) is 2.38. The summed E-state index contributed by atoms with van der Waals surface area (Å²) < 4.78 is 20.2. The Morgan fingerprint density at radius 2 is 2.23 bits per heavy atom. The third kappa shape index (κ3) is 5.73. The molecule has 2 aromatic rings. The van der Waals surface area contributed by atoms with E-state index in [4.69, 9.17) is 15.5 Å². The van der Waals surface area contributed by atoms with Gasteiger partial charge in [-0.2, -0.15) is 10.4 Å². The molecule has 3 rings (SSSR count). The van der Waals surface area contributed by atoms with Crippen LogP contribution in [-0.2, 0) is 11.2 Å². The van der Waals surface area contributed by atoms with Gasteiger partial charge in [0.1, 0.15) is 23.3 Å². The Bertz CT molecular complexity index is 927. The first kappa shape index (κ1) is 22.6. The number of aromatic nitrogens is 2. The molecule has 3 N–H and O–H groups in total. The standard InChI is InChI=1S/C22H30FN7O/c1-3-26-22(29(2)14-16-10-12-31-15-16)27-11-4-5-20-19(13-24)21(25)30(28-20)18-8-6-17(23)7-9-18/h6-9,16H,3-5,10-12,14-15,25H2,1-2H3,(H,26,27). The molecule has 0 bridgehead atoms. The van der Waals surface area contributed by atoms with E-state index in [1.54, 1.807) is 12.1 Å². The van der Waals surface area contributed by atoms with Gasteiger partial charge in [-0.05, 0) is 50.5 Å². The molecule has 1 fully saturated rings. The van der Waals surface area contributed by atoms with Crippen LogP contribution < -0.4 is 11.1 Å². The second kappa shape index (κ2) is 10.8. The Kier molecular flexibility index (Phi) is 7.84. The van der Waals surface area contributed by atoms with Gasteiger partial charge >= 0.3 is 0 Å². The number of nitrogens with two attached hydrogens (primary N) is 1. The van der Waals surface area contributed by atoms with Crippen molar-refractivity contribution in [2.24, 2.45) is 10.9 Å². The number of aryl methyl sites for hydroxylation is 1. The Morgan fingerprint density at radius 3 is 2.87 bits per heavy atom. The minimum atomic E-state index is -0.338. The van der Waals surface area contributed by atoms with Gasteiger partial charge in [0.25, 0.3) is 0 Å². The van der Waals surface area contributed by atoms with Crippen molar-refractivity contribution in [3.8, 4) is 11.8 Å². The smallest absolute Gasteiger partial charge is 0.193 e. The molecule has 1 atom stereocenters. The molecule has 0 radical (unpaired) electrons. The number of halogens is 1.